The number of thiocarbonyl (C=S) groups is 1. The number of anilines is 2. The molecule has 0 radical (unpaired) electrons. The third kappa shape index (κ3) is 2.79. The predicted molar refractivity (Wildman–Crippen MR) is 94.1 cm³/mol. The van der Waals surface area contributed by atoms with E-state index in [4.69, 9.17) is 12.2 Å². The highest BCUT2D eigenvalue weighted by atomic mass is 32.1. The average molecular weight is 296 g/mol. The first-order valence-corrected chi connectivity index (χ1v) is 7.87. The second-order valence-corrected chi connectivity index (χ2v) is 5.92. The molecular weight excluding hydrogens is 276 g/mol. The normalized spacial score (nSPS) is 16.7. The van der Waals surface area contributed by atoms with Crippen LogP contribution in [-0.4, -0.2) is 11.2 Å². The van der Waals surface area contributed by atoms with Gasteiger partial charge in [-0.05, 0) is 61.3 Å². The largest absolute Gasteiger partial charge is 0.332 e. The molecule has 0 saturated carbocycles. The van der Waals surface area contributed by atoms with Gasteiger partial charge in [-0.15, -0.1) is 0 Å². The van der Waals surface area contributed by atoms with E-state index in [1.807, 2.05) is 0 Å². The van der Waals surface area contributed by atoms with E-state index in [1.165, 1.54) is 16.8 Å². The Morgan fingerprint density at radius 3 is 2.62 bits per heavy atom. The average Bonchev–Trinajstić information content (AvgIpc) is 2.83. The molecule has 0 aliphatic carbocycles. The Kier molecular flexibility index (Phi) is 3.93. The molecule has 1 N–H and O–H groups in total. The van der Waals surface area contributed by atoms with Crippen LogP contribution in [0.1, 0.15) is 25.0 Å². The number of para-hydroxylation sites is 1. The van der Waals surface area contributed by atoms with E-state index in [0.29, 0.717) is 6.04 Å². The smallest absolute Gasteiger partial charge is 0.178 e. The zero-order valence-electron chi connectivity index (χ0n) is 12.5. The maximum atomic E-state index is 5.63. The van der Waals surface area contributed by atoms with E-state index in [2.05, 4.69) is 72.6 Å². The molecule has 0 bridgehead atoms. The second-order valence-electron chi connectivity index (χ2n) is 5.53. The lowest BCUT2D eigenvalue weighted by molar-refractivity contribution is 0.776. The van der Waals surface area contributed by atoms with E-state index in [1.54, 1.807) is 0 Å². The highest BCUT2D eigenvalue weighted by molar-refractivity contribution is 7.80. The molecule has 0 spiro atoms. The summed E-state index contributed by atoms with van der Waals surface area (Å²) in [4.78, 5) is 2.22. The van der Waals surface area contributed by atoms with Crippen LogP contribution < -0.4 is 10.2 Å². The Morgan fingerprint density at radius 2 is 1.90 bits per heavy atom. The highest BCUT2D eigenvalue weighted by Gasteiger charge is 2.28. The van der Waals surface area contributed by atoms with E-state index < -0.39 is 0 Å². The molecule has 0 aromatic heterocycles. The molecule has 0 unspecified atom stereocenters. The lowest BCUT2D eigenvalue weighted by Gasteiger charge is -2.26. The third-order valence-corrected chi connectivity index (χ3v) is 4.34. The molecule has 3 heteroatoms. The Hall–Kier alpha value is -1.87. The minimum absolute atomic E-state index is 0.400. The number of nitrogens with one attached hydrogen (secondary N) is 1. The summed E-state index contributed by atoms with van der Waals surface area (Å²) >= 11 is 5.63. The minimum atomic E-state index is 0.400. The molecule has 2 aromatic carbocycles. The molecule has 2 aromatic rings. The molecule has 108 valence electrons. The summed E-state index contributed by atoms with van der Waals surface area (Å²) in [7, 11) is 0. The third-order valence-electron chi connectivity index (χ3n) is 4.04. The second kappa shape index (κ2) is 5.86. The number of nitrogens with zero attached hydrogens (tertiary/aromatic N) is 1. The first-order valence-electron chi connectivity index (χ1n) is 7.46. The van der Waals surface area contributed by atoms with Crippen molar-refractivity contribution in [3.8, 4) is 0 Å². The summed E-state index contributed by atoms with van der Waals surface area (Å²) in [5, 5.41) is 4.14. The van der Waals surface area contributed by atoms with Crippen LogP contribution in [0.4, 0.5) is 11.4 Å². The minimum Gasteiger partial charge on any atom is -0.332 e. The number of aryl methyl sites for hydroxylation is 1. The summed E-state index contributed by atoms with van der Waals surface area (Å²) in [6.07, 6.45) is 2.11. The zero-order chi connectivity index (χ0) is 14.8. The van der Waals surface area contributed by atoms with Crippen LogP contribution in [0.25, 0.3) is 0 Å². The van der Waals surface area contributed by atoms with E-state index in [9.17, 15) is 0 Å². The summed E-state index contributed by atoms with van der Waals surface area (Å²) in [5.74, 6) is 0. The van der Waals surface area contributed by atoms with Crippen LogP contribution in [0.5, 0.6) is 0 Å². The molecule has 0 fully saturated rings. The molecule has 1 aliphatic rings. The van der Waals surface area contributed by atoms with Gasteiger partial charge in [-0.1, -0.05) is 37.3 Å². The predicted octanol–water partition coefficient (Wildman–Crippen LogP) is 4.40. The quantitative estimate of drug-likeness (QED) is 0.827. The number of benzene rings is 2. The molecule has 2 nitrogen and oxygen atoms in total. The number of hydrogen-bond donors (Lipinski definition) is 1. The molecule has 3 rings (SSSR count). The van der Waals surface area contributed by atoms with Gasteiger partial charge in [0.25, 0.3) is 0 Å². The molecule has 0 amide bonds. The molecule has 1 heterocycles. The van der Waals surface area contributed by atoms with Crippen molar-refractivity contribution in [2.45, 2.75) is 32.7 Å². The zero-order valence-corrected chi connectivity index (χ0v) is 13.3. The number of hydrogen-bond acceptors (Lipinski definition) is 1. The van der Waals surface area contributed by atoms with Crippen LogP contribution in [0.2, 0.25) is 0 Å². The van der Waals surface area contributed by atoms with Crippen LogP contribution in [0.15, 0.2) is 48.5 Å². The standard InChI is InChI=1S/C18H20N2S/c1-3-14-8-10-16(11-9-14)19-18(21)20-13(2)12-15-6-4-5-7-17(15)20/h4-11,13H,3,12H2,1-2H3,(H,19,21)/t13-/m1/s1. The summed E-state index contributed by atoms with van der Waals surface area (Å²) < 4.78 is 0. The van der Waals surface area contributed by atoms with Gasteiger partial charge in [0.05, 0.1) is 0 Å². The Labute approximate surface area is 131 Å². The van der Waals surface area contributed by atoms with Crippen molar-refractivity contribution in [2.75, 3.05) is 10.2 Å². The monoisotopic (exact) mass is 296 g/mol. The fourth-order valence-electron chi connectivity index (χ4n) is 2.88. The lowest BCUT2D eigenvalue weighted by Crippen LogP contribution is -2.38. The summed E-state index contributed by atoms with van der Waals surface area (Å²) in [6.45, 7) is 4.38. The van der Waals surface area contributed by atoms with Gasteiger partial charge >= 0.3 is 0 Å². The Morgan fingerprint density at radius 1 is 1.19 bits per heavy atom. The first kappa shape index (κ1) is 14.1. The molecule has 21 heavy (non-hydrogen) atoms. The fraction of sp³-hybridized carbons (Fsp3) is 0.278. The fourth-order valence-corrected chi connectivity index (χ4v) is 3.28. The Bertz CT molecular complexity index is 649. The van der Waals surface area contributed by atoms with Crippen molar-refractivity contribution < 1.29 is 0 Å². The van der Waals surface area contributed by atoms with Crippen molar-refractivity contribution in [2.24, 2.45) is 0 Å². The van der Waals surface area contributed by atoms with Gasteiger partial charge in [-0.2, -0.15) is 0 Å². The molecular formula is C18H20N2S. The van der Waals surface area contributed by atoms with Gasteiger partial charge in [0, 0.05) is 17.4 Å². The van der Waals surface area contributed by atoms with E-state index in [-0.39, 0.29) is 0 Å². The maximum Gasteiger partial charge on any atom is 0.178 e. The van der Waals surface area contributed by atoms with Crippen LogP contribution in [0, 0.1) is 0 Å². The molecule has 0 saturated heterocycles. The maximum absolute atomic E-state index is 5.63. The van der Waals surface area contributed by atoms with Crippen LogP contribution in [-0.2, 0) is 12.8 Å². The van der Waals surface area contributed by atoms with Gasteiger partial charge in [0.2, 0.25) is 0 Å². The van der Waals surface area contributed by atoms with Gasteiger partial charge in [0.15, 0.2) is 5.11 Å². The van der Waals surface area contributed by atoms with E-state index >= 15 is 0 Å². The molecule has 1 atom stereocenters. The first-order chi connectivity index (χ1) is 10.2. The summed E-state index contributed by atoms with van der Waals surface area (Å²) in [6, 6.07) is 17.4. The van der Waals surface area contributed by atoms with Crippen molar-refractivity contribution in [3.05, 3.63) is 59.7 Å². The van der Waals surface area contributed by atoms with Crippen molar-refractivity contribution >= 4 is 28.7 Å². The number of fused-ring (bicyclic) bond motifs is 1. The SMILES string of the molecule is CCc1ccc(NC(=S)N2c3ccccc3C[C@H]2C)cc1. The van der Waals surface area contributed by atoms with Gasteiger partial charge < -0.3 is 10.2 Å². The van der Waals surface area contributed by atoms with Crippen molar-refractivity contribution in [3.63, 3.8) is 0 Å². The molecule has 1 aliphatic heterocycles. The van der Waals surface area contributed by atoms with Crippen LogP contribution >= 0.6 is 12.2 Å². The highest BCUT2D eigenvalue weighted by Crippen LogP contribution is 2.32. The van der Waals surface area contributed by atoms with Crippen LogP contribution in [0.3, 0.4) is 0 Å². The van der Waals surface area contributed by atoms with E-state index in [0.717, 1.165) is 23.6 Å². The van der Waals surface area contributed by atoms with Gasteiger partial charge in [-0.25, -0.2) is 0 Å². The lowest BCUT2D eigenvalue weighted by atomic mass is 10.1. The van der Waals surface area contributed by atoms with Crippen molar-refractivity contribution in [1.29, 1.82) is 0 Å². The summed E-state index contributed by atoms with van der Waals surface area (Å²) in [5.41, 5.74) is 4.99. The number of rotatable bonds is 2. The topological polar surface area (TPSA) is 15.3 Å². The van der Waals surface area contributed by atoms with Crippen molar-refractivity contribution in [1.82, 2.24) is 0 Å². The Balaban J connectivity index is 1.79. The van der Waals surface area contributed by atoms with Gasteiger partial charge in [0.1, 0.15) is 0 Å². The van der Waals surface area contributed by atoms with Gasteiger partial charge in [-0.3, -0.25) is 0 Å².